The smallest absolute Gasteiger partial charge is 0.315 e. The molecule has 0 aromatic heterocycles. The van der Waals surface area contributed by atoms with Crippen LogP contribution >= 0.6 is 0 Å². The summed E-state index contributed by atoms with van der Waals surface area (Å²) < 4.78 is 18.3. The first-order chi connectivity index (χ1) is 13.0. The molecule has 0 radical (unpaired) electrons. The summed E-state index contributed by atoms with van der Waals surface area (Å²) in [4.78, 5) is 26.0. The Kier molecular flexibility index (Phi) is 5.90. The Bertz CT molecular complexity index is 793. The highest BCUT2D eigenvalue weighted by atomic mass is 19.1. The van der Waals surface area contributed by atoms with Gasteiger partial charge in [0, 0.05) is 25.2 Å². The molecular formula is C20H22FN3O3. The largest absolute Gasteiger partial charge is 0.494 e. The summed E-state index contributed by atoms with van der Waals surface area (Å²) in [6.07, 6.45) is 0.247. The Morgan fingerprint density at radius 3 is 2.56 bits per heavy atom. The number of ether oxygens (including phenoxy) is 1. The van der Waals surface area contributed by atoms with Gasteiger partial charge in [0.05, 0.1) is 12.6 Å². The number of benzene rings is 2. The molecule has 2 N–H and O–H groups in total. The lowest BCUT2D eigenvalue weighted by Crippen LogP contribution is -2.43. The molecule has 2 aromatic carbocycles. The van der Waals surface area contributed by atoms with Gasteiger partial charge in [-0.05, 0) is 48.9 Å². The monoisotopic (exact) mass is 371 g/mol. The number of carbonyl (C=O) groups is 2. The van der Waals surface area contributed by atoms with Crippen molar-refractivity contribution >= 4 is 17.6 Å². The predicted molar refractivity (Wildman–Crippen MR) is 100 cm³/mol. The van der Waals surface area contributed by atoms with Crippen LogP contribution in [0, 0.1) is 5.82 Å². The number of amides is 3. The van der Waals surface area contributed by atoms with Crippen LogP contribution in [0.1, 0.15) is 18.9 Å². The van der Waals surface area contributed by atoms with Crippen molar-refractivity contribution in [3.8, 4) is 5.75 Å². The van der Waals surface area contributed by atoms with Crippen molar-refractivity contribution in [3.63, 3.8) is 0 Å². The number of urea groups is 1. The summed E-state index contributed by atoms with van der Waals surface area (Å²) >= 11 is 0. The summed E-state index contributed by atoms with van der Waals surface area (Å²) in [5.74, 6) is 0.396. The maximum absolute atomic E-state index is 12.9. The lowest BCUT2D eigenvalue weighted by molar-refractivity contribution is -0.117. The third kappa shape index (κ3) is 4.97. The summed E-state index contributed by atoms with van der Waals surface area (Å²) in [6.45, 7) is 3.20. The van der Waals surface area contributed by atoms with Crippen molar-refractivity contribution in [3.05, 3.63) is 59.9 Å². The number of carbonyl (C=O) groups excluding carboxylic acids is 2. The molecule has 1 aliphatic heterocycles. The molecule has 0 bridgehead atoms. The van der Waals surface area contributed by atoms with Gasteiger partial charge in [0.15, 0.2) is 0 Å². The Labute approximate surface area is 157 Å². The highest BCUT2D eigenvalue weighted by Gasteiger charge is 2.31. The minimum absolute atomic E-state index is 0.0389. The predicted octanol–water partition coefficient (Wildman–Crippen LogP) is 2.83. The molecule has 6 nitrogen and oxygen atoms in total. The van der Waals surface area contributed by atoms with Gasteiger partial charge in [-0.15, -0.1) is 0 Å². The molecule has 2 aromatic rings. The number of anilines is 1. The van der Waals surface area contributed by atoms with E-state index in [0.717, 1.165) is 17.0 Å². The number of rotatable bonds is 6. The number of hydrogen-bond acceptors (Lipinski definition) is 3. The Balaban J connectivity index is 1.50. The third-order valence-electron chi connectivity index (χ3n) is 4.29. The van der Waals surface area contributed by atoms with E-state index in [1.165, 1.54) is 12.1 Å². The van der Waals surface area contributed by atoms with Crippen LogP contribution in [-0.4, -0.2) is 31.1 Å². The van der Waals surface area contributed by atoms with Crippen LogP contribution in [-0.2, 0) is 11.3 Å². The molecule has 3 rings (SSSR count). The van der Waals surface area contributed by atoms with Gasteiger partial charge in [-0.3, -0.25) is 4.79 Å². The van der Waals surface area contributed by atoms with E-state index in [2.05, 4.69) is 10.6 Å². The molecule has 1 saturated heterocycles. The second kappa shape index (κ2) is 8.53. The van der Waals surface area contributed by atoms with Crippen molar-refractivity contribution in [2.45, 2.75) is 25.9 Å². The molecule has 0 spiro atoms. The topological polar surface area (TPSA) is 70.7 Å². The third-order valence-corrected chi connectivity index (χ3v) is 4.29. The molecule has 7 heteroatoms. The van der Waals surface area contributed by atoms with E-state index in [4.69, 9.17) is 4.74 Å². The van der Waals surface area contributed by atoms with Crippen LogP contribution in [0.25, 0.3) is 0 Å². The van der Waals surface area contributed by atoms with Gasteiger partial charge >= 0.3 is 6.03 Å². The maximum Gasteiger partial charge on any atom is 0.315 e. The molecular weight excluding hydrogens is 349 g/mol. The molecule has 3 amide bonds. The minimum Gasteiger partial charge on any atom is -0.494 e. The van der Waals surface area contributed by atoms with Crippen LogP contribution < -0.4 is 20.3 Å². The van der Waals surface area contributed by atoms with Crippen LogP contribution in [0.4, 0.5) is 14.9 Å². The average molecular weight is 371 g/mol. The zero-order valence-electron chi connectivity index (χ0n) is 15.1. The van der Waals surface area contributed by atoms with Crippen molar-refractivity contribution < 1.29 is 18.7 Å². The zero-order chi connectivity index (χ0) is 19.2. The highest BCUT2D eigenvalue weighted by Crippen LogP contribution is 2.24. The molecule has 1 fully saturated rings. The van der Waals surface area contributed by atoms with Crippen molar-refractivity contribution in [2.75, 3.05) is 18.1 Å². The van der Waals surface area contributed by atoms with Crippen LogP contribution in [0.3, 0.4) is 0 Å². The zero-order valence-corrected chi connectivity index (χ0v) is 15.1. The van der Waals surface area contributed by atoms with Gasteiger partial charge in [-0.25, -0.2) is 9.18 Å². The Morgan fingerprint density at radius 2 is 1.89 bits per heavy atom. The fourth-order valence-electron chi connectivity index (χ4n) is 2.96. The lowest BCUT2D eigenvalue weighted by Gasteiger charge is -2.18. The van der Waals surface area contributed by atoms with Crippen LogP contribution in [0.15, 0.2) is 48.5 Å². The van der Waals surface area contributed by atoms with Gasteiger partial charge < -0.3 is 20.3 Å². The second-order valence-corrected chi connectivity index (χ2v) is 6.29. The molecule has 1 aliphatic rings. The van der Waals surface area contributed by atoms with Gasteiger partial charge in [-0.1, -0.05) is 12.1 Å². The van der Waals surface area contributed by atoms with Gasteiger partial charge in [0.1, 0.15) is 11.6 Å². The summed E-state index contributed by atoms with van der Waals surface area (Å²) in [5, 5.41) is 5.53. The van der Waals surface area contributed by atoms with Crippen molar-refractivity contribution in [1.82, 2.24) is 10.6 Å². The fraction of sp³-hybridized carbons (Fsp3) is 0.300. The first-order valence-electron chi connectivity index (χ1n) is 8.87. The summed E-state index contributed by atoms with van der Waals surface area (Å²) in [5.41, 5.74) is 1.57. The van der Waals surface area contributed by atoms with E-state index >= 15 is 0 Å². The quantitative estimate of drug-likeness (QED) is 0.820. The number of hydrogen-bond donors (Lipinski definition) is 2. The van der Waals surface area contributed by atoms with E-state index < -0.39 is 0 Å². The standard InChI is InChI=1S/C20H22FN3O3/c1-2-27-18-9-7-17(8-10-18)24-13-16(11-19(24)25)23-20(26)22-12-14-3-5-15(21)6-4-14/h3-10,16H,2,11-13H2,1H3,(H2,22,23,26)/t16-/m1/s1. The van der Waals surface area contributed by atoms with E-state index in [1.807, 2.05) is 31.2 Å². The highest BCUT2D eigenvalue weighted by molar-refractivity contribution is 5.96. The number of halogens is 1. The van der Waals surface area contributed by atoms with Crippen LogP contribution in [0.5, 0.6) is 5.75 Å². The van der Waals surface area contributed by atoms with Gasteiger partial charge in [-0.2, -0.15) is 0 Å². The number of nitrogens with zero attached hydrogens (tertiary/aromatic N) is 1. The lowest BCUT2D eigenvalue weighted by atomic mass is 10.2. The minimum atomic E-state index is -0.356. The maximum atomic E-state index is 12.9. The molecule has 0 saturated carbocycles. The molecule has 0 aliphatic carbocycles. The van der Waals surface area contributed by atoms with Gasteiger partial charge in [0.25, 0.3) is 0 Å². The Hall–Kier alpha value is -3.09. The van der Waals surface area contributed by atoms with Crippen molar-refractivity contribution in [2.24, 2.45) is 0 Å². The summed E-state index contributed by atoms with van der Waals surface area (Å²) in [7, 11) is 0. The van der Waals surface area contributed by atoms with Crippen molar-refractivity contribution in [1.29, 1.82) is 0 Å². The summed E-state index contributed by atoms with van der Waals surface area (Å²) in [6, 6.07) is 12.6. The Morgan fingerprint density at radius 1 is 1.19 bits per heavy atom. The molecule has 142 valence electrons. The first-order valence-corrected chi connectivity index (χ1v) is 8.87. The van der Waals surface area contributed by atoms with E-state index in [0.29, 0.717) is 13.2 Å². The molecule has 1 atom stereocenters. The van der Waals surface area contributed by atoms with E-state index in [9.17, 15) is 14.0 Å². The molecule has 1 heterocycles. The van der Waals surface area contributed by atoms with Crippen LogP contribution in [0.2, 0.25) is 0 Å². The second-order valence-electron chi connectivity index (χ2n) is 6.29. The van der Waals surface area contributed by atoms with E-state index in [1.54, 1.807) is 17.0 Å². The molecule has 0 unspecified atom stereocenters. The molecule has 27 heavy (non-hydrogen) atoms. The normalized spacial score (nSPS) is 16.3. The SMILES string of the molecule is CCOc1ccc(N2C[C@H](NC(=O)NCc3ccc(F)cc3)CC2=O)cc1. The first kappa shape index (κ1) is 18.7. The van der Waals surface area contributed by atoms with Gasteiger partial charge in [0.2, 0.25) is 5.91 Å². The van der Waals surface area contributed by atoms with E-state index in [-0.39, 0.29) is 36.8 Å². The fourth-order valence-corrected chi connectivity index (χ4v) is 2.96. The average Bonchev–Trinajstić information content (AvgIpc) is 3.02. The number of nitrogens with one attached hydrogen (secondary N) is 2.